The lowest BCUT2D eigenvalue weighted by Gasteiger charge is -2.21. The van der Waals surface area contributed by atoms with E-state index in [9.17, 15) is 14.4 Å². The van der Waals surface area contributed by atoms with E-state index in [1.165, 1.54) is 6.20 Å². The Kier molecular flexibility index (Phi) is 14.0. The molecule has 1 atom stereocenters. The van der Waals surface area contributed by atoms with Crippen molar-refractivity contribution in [3.63, 3.8) is 0 Å². The molecule has 2 aromatic carbocycles. The second kappa shape index (κ2) is 17.6. The third-order valence-corrected chi connectivity index (χ3v) is 6.77. The van der Waals surface area contributed by atoms with Crippen LogP contribution in [0.3, 0.4) is 0 Å². The van der Waals surface area contributed by atoms with Gasteiger partial charge in [0.05, 0.1) is 25.1 Å². The number of aromatic nitrogens is 2. The number of rotatable bonds is 16. The molecule has 3 rings (SSSR count). The number of hydrogen-bond acceptors (Lipinski definition) is 9. The van der Waals surface area contributed by atoms with E-state index < -0.39 is 23.2 Å². The van der Waals surface area contributed by atoms with Gasteiger partial charge in [0.25, 0.3) is 5.56 Å². The molecule has 0 fully saturated rings. The number of nitrogens with zero attached hydrogens (tertiary/aromatic N) is 2. The van der Waals surface area contributed by atoms with Crippen LogP contribution in [0.25, 0.3) is 0 Å². The fourth-order valence-electron chi connectivity index (χ4n) is 4.27. The molecule has 1 amide bonds. The second-order valence-corrected chi connectivity index (χ2v) is 12.0. The molecular weight excluding hydrogens is 621 g/mol. The van der Waals surface area contributed by atoms with E-state index in [-0.39, 0.29) is 30.2 Å². The number of carbonyl (C=O) groups excluding carboxylic acids is 2. The molecule has 3 aromatic rings. The summed E-state index contributed by atoms with van der Waals surface area (Å²) in [6, 6.07) is 14.7. The number of halogens is 2. The Morgan fingerprint density at radius 2 is 1.82 bits per heavy atom. The van der Waals surface area contributed by atoms with Gasteiger partial charge < -0.3 is 24.8 Å². The summed E-state index contributed by atoms with van der Waals surface area (Å²) >= 11 is 12.3. The van der Waals surface area contributed by atoms with E-state index >= 15 is 0 Å². The van der Waals surface area contributed by atoms with Gasteiger partial charge in [-0.05, 0) is 77.3 Å². The Balaban J connectivity index is 1.54. The Labute approximate surface area is 273 Å². The van der Waals surface area contributed by atoms with Crippen LogP contribution in [0.4, 0.5) is 16.3 Å². The Hall–Kier alpha value is -3.80. The molecule has 0 bridgehead atoms. The lowest BCUT2D eigenvalue weighted by Crippen LogP contribution is -2.38. The number of carbonyl (C=O) groups is 2. The van der Waals surface area contributed by atoms with Crippen LogP contribution in [-0.2, 0) is 27.2 Å². The predicted octanol–water partition coefficient (Wildman–Crippen LogP) is 5.93. The van der Waals surface area contributed by atoms with Crippen LogP contribution < -0.4 is 26.2 Å². The zero-order valence-corrected chi connectivity index (χ0v) is 27.5. The third kappa shape index (κ3) is 12.6. The average Bonchev–Trinajstić information content (AvgIpc) is 2.96. The number of benzene rings is 2. The SMILES string of the molecule is CCOC(=O)Cn1c(Cl)cnc(N[C@H](CNCCCCOc2ccc(Cl)cc2NC(=O)OC(C)(C)C)Cc2ccccc2)c1=O. The first-order valence-corrected chi connectivity index (χ1v) is 15.5. The molecule has 45 heavy (non-hydrogen) atoms. The van der Waals surface area contributed by atoms with Crippen LogP contribution in [0.15, 0.2) is 59.5 Å². The summed E-state index contributed by atoms with van der Waals surface area (Å²) in [5, 5.41) is 9.88. The zero-order chi connectivity index (χ0) is 32.8. The maximum Gasteiger partial charge on any atom is 0.412 e. The summed E-state index contributed by atoms with van der Waals surface area (Å²) in [4.78, 5) is 41.6. The molecule has 0 spiro atoms. The molecule has 0 aliphatic carbocycles. The topological polar surface area (TPSA) is 133 Å². The van der Waals surface area contributed by atoms with E-state index in [0.29, 0.717) is 42.6 Å². The predicted molar refractivity (Wildman–Crippen MR) is 177 cm³/mol. The quantitative estimate of drug-likeness (QED) is 0.126. The van der Waals surface area contributed by atoms with Gasteiger partial charge in [0.15, 0.2) is 5.82 Å². The summed E-state index contributed by atoms with van der Waals surface area (Å²) < 4.78 is 17.4. The molecule has 0 saturated carbocycles. The zero-order valence-electron chi connectivity index (χ0n) is 26.0. The molecule has 13 heteroatoms. The highest BCUT2D eigenvalue weighted by atomic mass is 35.5. The van der Waals surface area contributed by atoms with Crippen molar-refractivity contribution in [2.24, 2.45) is 0 Å². The molecule has 0 saturated heterocycles. The van der Waals surface area contributed by atoms with Crippen molar-refractivity contribution in [3.05, 3.63) is 80.8 Å². The highest BCUT2D eigenvalue weighted by molar-refractivity contribution is 6.31. The van der Waals surface area contributed by atoms with Crippen LogP contribution >= 0.6 is 23.2 Å². The molecule has 0 unspecified atom stereocenters. The highest BCUT2D eigenvalue weighted by Crippen LogP contribution is 2.29. The molecule has 244 valence electrons. The second-order valence-electron chi connectivity index (χ2n) is 11.2. The number of anilines is 2. The summed E-state index contributed by atoms with van der Waals surface area (Å²) in [6.07, 6.45) is 2.93. The average molecular weight is 663 g/mol. The van der Waals surface area contributed by atoms with Gasteiger partial charge in [-0.1, -0.05) is 53.5 Å². The third-order valence-electron chi connectivity index (χ3n) is 6.24. The lowest BCUT2D eigenvalue weighted by atomic mass is 10.1. The van der Waals surface area contributed by atoms with Crippen LogP contribution in [0.5, 0.6) is 5.75 Å². The van der Waals surface area contributed by atoms with Crippen molar-refractivity contribution in [2.45, 2.75) is 65.1 Å². The Morgan fingerprint density at radius 3 is 2.53 bits per heavy atom. The molecule has 0 aliphatic rings. The van der Waals surface area contributed by atoms with E-state index in [1.54, 1.807) is 45.9 Å². The van der Waals surface area contributed by atoms with Crippen molar-refractivity contribution < 1.29 is 23.8 Å². The first kappa shape index (κ1) is 35.7. The minimum Gasteiger partial charge on any atom is -0.491 e. The number of unbranched alkanes of at least 4 members (excludes halogenated alkanes) is 1. The summed E-state index contributed by atoms with van der Waals surface area (Å²) in [6.45, 7) is 8.61. The first-order valence-electron chi connectivity index (χ1n) is 14.8. The van der Waals surface area contributed by atoms with Crippen LogP contribution in [0, 0.1) is 0 Å². The van der Waals surface area contributed by atoms with Gasteiger partial charge in [0, 0.05) is 17.6 Å². The van der Waals surface area contributed by atoms with Crippen LogP contribution in [0.2, 0.25) is 10.2 Å². The fourth-order valence-corrected chi connectivity index (χ4v) is 4.62. The molecule has 0 radical (unpaired) electrons. The van der Waals surface area contributed by atoms with Gasteiger partial charge in [0.1, 0.15) is 23.0 Å². The minimum atomic E-state index is -0.638. The first-order chi connectivity index (χ1) is 21.4. The largest absolute Gasteiger partial charge is 0.491 e. The van der Waals surface area contributed by atoms with Gasteiger partial charge in [-0.3, -0.25) is 19.5 Å². The van der Waals surface area contributed by atoms with Crippen LogP contribution in [0.1, 0.15) is 46.1 Å². The van der Waals surface area contributed by atoms with E-state index in [1.807, 2.05) is 30.3 Å². The van der Waals surface area contributed by atoms with Gasteiger partial charge in [-0.2, -0.15) is 0 Å². The van der Waals surface area contributed by atoms with Gasteiger partial charge in [-0.25, -0.2) is 9.78 Å². The monoisotopic (exact) mass is 661 g/mol. The van der Waals surface area contributed by atoms with Gasteiger partial charge in [-0.15, -0.1) is 0 Å². The summed E-state index contributed by atoms with van der Waals surface area (Å²) in [7, 11) is 0. The maximum absolute atomic E-state index is 13.1. The van der Waals surface area contributed by atoms with E-state index in [2.05, 4.69) is 20.9 Å². The minimum absolute atomic E-state index is 0.0462. The Bertz CT molecular complexity index is 1460. The van der Waals surface area contributed by atoms with Crippen molar-refractivity contribution in [3.8, 4) is 5.75 Å². The molecule has 1 aromatic heterocycles. The maximum atomic E-state index is 13.1. The molecule has 3 N–H and O–H groups in total. The normalized spacial score (nSPS) is 11.9. The number of ether oxygens (including phenoxy) is 3. The molecule has 11 nitrogen and oxygen atoms in total. The fraction of sp³-hybridized carbons (Fsp3) is 0.438. The van der Waals surface area contributed by atoms with Crippen molar-refractivity contribution in [1.82, 2.24) is 14.9 Å². The number of hydrogen-bond donors (Lipinski definition) is 3. The molecule has 0 aliphatic heterocycles. The van der Waals surface area contributed by atoms with Crippen molar-refractivity contribution in [1.29, 1.82) is 0 Å². The number of esters is 1. The smallest absolute Gasteiger partial charge is 0.412 e. The van der Waals surface area contributed by atoms with Crippen molar-refractivity contribution in [2.75, 3.05) is 36.9 Å². The molecular formula is C32H41Cl2N5O6. The van der Waals surface area contributed by atoms with Crippen LogP contribution in [-0.4, -0.2) is 59.6 Å². The Morgan fingerprint density at radius 1 is 1.07 bits per heavy atom. The summed E-state index contributed by atoms with van der Waals surface area (Å²) in [5.74, 6) is 0.0322. The number of nitrogens with one attached hydrogen (secondary N) is 3. The van der Waals surface area contributed by atoms with E-state index in [0.717, 1.165) is 23.0 Å². The highest BCUT2D eigenvalue weighted by Gasteiger charge is 2.19. The van der Waals surface area contributed by atoms with E-state index in [4.69, 9.17) is 37.4 Å². The van der Waals surface area contributed by atoms with Gasteiger partial charge >= 0.3 is 12.1 Å². The van der Waals surface area contributed by atoms with Crippen molar-refractivity contribution >= 4 is 46.8 Å². The summed E-state index contributed by atoms with van der Waals surface area (Å²) in [5.41, 5.74) is 0.376. The lowest BCUT2D eigenvalue weighted by molar-refractivity contribution is -0.143. The standard InChI is InChI=1S/C32H41Cl2N5O6/c1-5-43-28(40)21-39-27(34)20-36-29(30(39)41)37-24(17-22-11-7-6-8-12-22)19-35-15-9-10-16-44-26-14-13-23(33)18-25(26)38-31(42)45-32(2,3)4/h6-8,11-14,18,20,24,35H,5,9-10,15-17,19,21H2,1-4H3,(H,36,37)(H,38,42)/t24-/m0/s1. The number of amides is 1. The van der Waals surface area contributed by atoms with Gasteiger partial charge in [0.2, 0.25) is 0 Å². The molecule has 1 heterocycles.